The molecule has 0 spiro atoms. The van der Waals surface area contributed by atoms with Gasteiger partial charge in [0.1, 0.15) is 5.75 Å². The van der Waals surface area contributed by atoms with Crippen LogP contribution in [0.15, 0.2) is 63.9 Å². The maximum Gasteiger partial charge on any atom is 0.203 e. The smallest absolute Gasteiger partial charge is 0.203 e. The molecule has 1 N–H and O–H groups in total. The summed E-state index contributed by atoms with van der Waals surface area (Å²) in [4.78, 5) is 4.75. The molecule has 0 fully saturated rings. The van der Waals surface area contributed by atoms with Gasteiger partial charge in [-0.05, 0) is 42.0 Å². The maximum absolute atomic E-state index is 11.5. The van der Waals surface area contributed by atoms with Gasteiger partial charge >= 0.3 is 0 Å². The standard InChI is InChI=1S/C18H17N3O3S2/c1-24-15-7-3-13(4-8-15)11-19-21-18-20-17(12-25-18)14-5-9-16(10-6-14)26(2,22)23/h3-12H,1-2H3,(H,20,21)/b19-11-. The fourth-order valence-electron chi connectivity index (χ4n) is 2.18. The van der Waals surface area contributed by atoms with Gasteiger partial charge in [0.25, 0.3) is 0 Å². The van der Waals surface area contributed by atoms with E-state index in [4.69, 9.17) is 4.74 Å². The summed E-state index contributed by atoms with van der Waals surface area (Å²) in [7, 11) is -1.57. The van der Waals surface area contributed by atoms with Gasteiger partial charge in [-0.2, -0.15) is 5.10 Å². The lowest BCUT2D eigenvalue weighted by Gasteiger charge is -2.00. The number of nitrogens with zero attached hydrogens (tertiary/aromatic N) is 2. The highest BCUT2D eigenvalue weighted by molar-refractivity contribution is 7.90. The lowest BCUT2D eigenvalue weighted by Crippen LogP contribution is -1.96. The molecule has 0 saturated carbocycles. The summed E-state index contributed by atoms with van der Waals surface area (Å²) in [5.41, 5.74) is 5.44. The molecule has 26 heavy (non-hydrogen) atoms. The van der Waals surface area contributed by atoms with Crippen molar-refractivity contribution >= 4 is 32.5 Å². The molecule has 134 valence electrons. The predicted octanol–water partition coefficient (Wildman–Crippen LogP) is 3.67. The fraction of sp³-hybridized carbons (Fsp3) is 0.111. The normalized spacial score (nSPS) is 11.6. The molecule has 0 aliphatic heterocycles. The summed E-state index contributed by atoms with van der Waals surface area (Å²) in [5.74, 6) is 0.793. The van der Waals surface area contributed by atoms with Crippen LogP contribution >= 0.6 is 11.3 Å². The molecule has 0 radical (unpaired) electrons. The Morgan fingerprint density at radius 1 is 1.12 bits per heavy atom. The third kappa shape index (κ3) is 4.47. The first-order valence-corrected chi connectivity index (χ1v) is 10.4. The summed E-state index contributed by atoms with van der Waals surface area (Å²) >= 11 is 1.42. The molecule has 0 bridgehead atoms. The number of aromatic nitrogens is 1. The number of sulfone groups is 1. The second-order valence-electron chi connectivity index (χ2n) is 5.48. The minimum atomic E-state index is -3.20. The zero-order valence-electron chi connectivity index (χ0n) is 14.2. The first-order chi connectivity index (χ1) is 12.5. The largest absolute Gasteiger partial charge is 0.497 e. The minimum absolute atomic E-state index is 0.291. The molecule has 2 aromatic carbocycles. The van der Waals surface area contributed by atoms with Crippen LogP contribution in [0.4, 0.5) is 5.13 Å². The molecule has 0 atom stereocenters. The Morgan fingerprint density at radius 2 is 1.81 bits per heavy atom. The summed E-state index contributed by atoms with van der Waals surface area (Å²) in [6.07, 6.45) is 2.88. The Balaban J connectivity index is 1.66. The Kier molecular flexibility index (Phi) is 5.34. The number of benzene rings is 2. The highest BCUT2D eigenvalue weighted by Crippen LogP contribution is 2.25. The molecule has 0 unspecified atom stereocenters. The lowest BCUT2D eigenvalue weighted by atomic mass is 10.2. The molecule has 8 heteroatoms. The van der Waals surface area contributed by atoms with Gasteiger partial charge in [0.15, 0.2) is 9.84 Å². The number of anilines is 1. The first kappa shape index (κ1) is 18.1. The van der Waals surface area contributed by atoms with E-state index in [1.54, 1.807) is 37.6 Å². The summed E-state index contributed by atoms with van der Waals surface area (Å²) in [6, 6.07) is 14.2. The predicted molar refractivity (Wildman–Crippen MR) is 105 cm³/mol. The van der Waals surface area contributed by atoms with Crippen molar-refractivity contribution in [2.75, 3.05) is 18.8 Å². The molecule has 0 amide bonds. The summed E-state index contributed by atoms with van der Waals surface area (Å²) in [5, 5.41) is 6.71. The molecule has 3 aromatic rings. The number of hydrazone groups is 1. The second-order valence-corrected chi connectivity index (χ2v) is 8.35. The fourth-order valence-corrected chi connectivity index (χ4v) is 3.48. The van der Waals surface area contributed by atoms with Gasteiger partial charge in [-0.3, -0.25) is 5.43 Å². The molecular formula is C18H17N3O3S2. The van der Waals surface area contributed by atoms with E-state index in [2.05, 4.69) is 15.5 Å². The van der Waals surface area contributed by atoms with Crippen molar-refractivity contribution in [2.24, 2.45) is 5.10 Å². The van der Waals surface area contributed by atoms with Crippen molar-refractivity contribution < 1.29 is 13.2 Å². The van der Waals surface area contributed by atoms with Crippen molar-refractivity contribution in [3.05, 3.63) is 59.5 Å². The third-order valence-electron chi connectivity index (χ3n) is 3.57. The Labute approximate surface area is 156 Å². The van der Waals surface area contributed by atoms with E-state index in [9.17, 15) is 8.42 Å². The van der Waals surface area contributed by atoms with Gasteiger partial charge in [0, 0.05) is 17.2 Å². The number of hydrogen-bond acceptors (Lipinski definition) is 7. The third-order valence-corrected chi connectivity index (χ3v) is 5.45. The lowest BCUT2D eigenvalue weighted by molar-refractivity contribution is 0.415. The number of thiazole rings is 1. The van der Waals surface area contributed by atoms with Crippen LogP contribution < -0.4 is 10.2 Å². The van der Waals surface area contributed by atoms with E-state index in [1.165, 1.54) is 17.6 Å². The topological polar surface area (TPSA) is 80.7 Å². The van der Waals surface area contributed by atoms with Gasteiger partial charge in [-0.15, -0.1) is 11.3 Å². The number of methoxy groups -OCH3 is 1. The zero-order valence-corrected chi connectivity index (χ0v) is 15.8. The van der Waals surface area contributed by atoms with Crippen LogP contribution in [-0.4, -0.2) is 33.0 Å². The average molecular weight is 387 g/mol. The molecule has 0 saturated heterocycles. The van der Waals surface area contributed by atoms with E-state index in [1.807, 2.05) is 29.6 Å². The van der Waals surface area contributed by atoms with Crippen molar-refractivity contribution in [2.45, 2.75) is 4.90 Å². The first-order valence-electron chi connectivity index (χ1n) is 7.65. The average Bonchev–Trinajstić information content (AvgIpc) is 3.11. The summed E-state index contributed by atoms with van der Waals surface area (Å²) in [6.45, 7) is 0. The Bertz CT molecular complexity index is 1010. The highest BCUT2D eigenvalue weighted by atomic mass is 32.2. The van der Waals surface area contributed by atoms with Crippen LogP contribution in [0.1, 0.15) is 5.56 Å². The second kappa shape index (κ2) is 7.67. The quantitative estimate of drug-likeness (QED) is 0.516. The summed E-state index contributed by atoms with van der Waals surface area (Å²) < 4.78 is 28.1. The zero-order chi connectivity index (χ0) is 18.6. The van der Waals surface area contributed by atoms with Gasteiger partial charge in [0.2, 0.25) is 5.13 Å². The molecular weight excluding hydrogens is 370 g/mol. The molecule has 1 aromatic heterocycles. The molecule has 0 aliphatic rings. The van der Waals surface area contributed by atoms with Crippen LogP contribution in [0.25, 0.3) is 11.3 Å². The van der Waals surface area contributed by atoms with Gasteiger partial charge in [-0.1, -0.05) is 12.1 Å². The molecule has 1 heterocycles. The SMILES string of the molecule is COc1ccc(/C=N\Nc2nc(-c3ccc(S(C)(=O)=O)cc3)cs2)cc1. The number of rotatable bonds is 6. The number of hydrogen-bond donors (Lipinski definition) is 1. The Morgan fingerprint density at radius 3 is 2.42 bits per heavy atom. The van der Waals surface area contributed by atoms with Crippen LogP contribution in [0, 0.1) is 0 Å². The van der Waals surface area contributed by atoms with Gasteiger partial charge < -0.3 is 4.74 Å². The van der Waals surface area contributed by atoms with Crippen molar-refractivity contribution in [1.29, 1.82) is 0 Å². The van der Waals surface area contributed by atoms with Crippen molar-refractivity contribution in [3.63, 3.8) is 0 Å². The molecule has 6 nitrogen and oxygen atoms in total. The van der Waals surface area contributed by atoms with E-state index in [0.29, 0.717) is 10.0 Å². The van der Waals surface area contributed by atoms with Crippen LogP contribution in [-0.2, 0) is 9.84 Å². The van der Waals surface area contributed by atoms with Crippen molar-refractivity contribution in [1.82, 2.24) is 4.98 Å². The van der Waals surface area contributed by atoms with Crippen molar-refractivity contribution in [3.8, 4) is 17.0 Å². The minimum Gasteiger partial charge on any atom is -0.497 e. The van der Waals surface area contributed by atoms with E-state index >= 15 is 0 Å². The van der Waals surface area contributed by atoms with E-state index in [0.717, 1.165) is 22.6 Å². The van der Waals surface area contributed by atoms with Crippen LogP contribution in [0.5, 0.6) is 5.75 Å². The van der Waals surface area contributed by atoms with Gasteiger partial charge in [-0.25, -0.2) is 13.4 Å². The number of nitrogens with one attached hydrogen (secondary N) is 1. The number of ether oxygens (including phenoxy) is 1. The maximum atomic E-state index is 11.5. The Hall–Kier alpha value is -2.71. The monoisotopic (exact) mass is 387 g/mol. The molecule has 0 aliphatic carbocycles. The van der Waals surface area contributed by atoms with E-state index in [-0.39, 0.29) is 0 Å². The molecule has 3 rings (SSSR count). The van der Waals surface area contributed by atoms with Gasteiger partial charge in [0.05, 0.1) is 23.9 Å². The van der Waals surface area contributed by atoms with Crippen LogP contribution in [0.2, 0.25) is 0 Å². The van der Waals surface area contributed by atoms with Crippen LogP contribution in [0.3, 0.4) is 0 Å². The highest BCUT2D eigenvalue weighted by Gasteiger charge is 2.08. The van der Waals surface area contributed by atoms with E-state index < -0.39 is 9.84 Å².